The normalized spacial score (nSPS) is 20.3. The van der Waals surface area contributed by atoms with Crippen LogP contribution >= 0.6 is 15.9 Å². The van der Waals surface area contributed by atoms with Crippen molar-refractivity contribution in [3.05, 3.63) is 22.7 Å². The van der Waals surface area contributed by atoms with Crippen molar-refractivity contribution < 1.29 is 8.42 Å². The summed E-state index contributed by atoms with van der Waals surface area (Å²) in [5, 5.41) is 0. The van der Waals surface area contributed by atoms with Gasteiger partial charge in [-0.15, -0.1) is 0 Å². The van der Waals surface area contributed by atoms with Gasteiger partial charge in [-0.1, -0.05) is 13.8 Å². The highest BCUT2D eigenvalue weighted by atomic mass is 79.9. The number of halogens is 1. The number of sulfonamides is 1. The summed E-state index contributed by atoms with van der Waals surface area (Å²) >= 11 is 3.29. The fourth-order valence-electron chi connectivity index (χ4n) is 2.78. The Hall–Kier alpha value is -0.630. The second-order valence-electron chi connectivity index (χ2n) is 5.21. The highest BCUT2D eigenvalue weighted by Crippen LogP contribution is 2.28. The Kier molecular flexibility index (Phi) is 5.29. The average molecular weight is 376 g/mol. The first kappa shape index (κ1) is 16.7. The van der Waals surface area contributed by atoms with E-state index in [1.165, 1.54) is 0 Å². The molecule has 2 N–H and O–H groups in total. The van der Waals surface area contributed by atoms with Crippen molar-refractivity contribution in [1.29, 1.82) is 0 Å². The minimum Gasteiger partial charge on any atom is -0.398 e. The predicted octanol–water partition coefficient (Wildman–Crippen LogP) is 2.14. The molecule has 0 aliphatic carbocycles. The molecule has 0 spiro atoms. The van der Waals surface area contributed by atoms with E-state index < -0.39 is 10.0 Å². The molecule has 0 saturated carbocycles. The van der Waals surface area contributed by atoms with Gasteiger partial charge in [0.15, 0.2) is 0 Å². The second-order valence-corrected chi connectivity index (χ2v) is 8.00. The molecule has 0 amide bonds. The number of rotatable bonds is 5. The third-order valence-electron chi connectivity index (χ3n) is 4.06. The van der Waals surface area contributed by atoms with E-state index in [-0.39, 0.29) is 0 Å². The summed E-state index contributed by atoms with van der Waals surface area (Å²) < 4.78 is 27.6. The summed E-state index contributed by atoms with van der Waals surface area (Å²) in [6.45, 7) is 7.25. The molecule has 1 fully saturated rings. The van der Waals surface area contributed by atoms with E-state index in [4.69, 9.17) is 5.73 Å². The maximum absolute atomic E-state index is 12.7. The Morgan fingerprint density at radius 1 is 1.38 bits per heavy atom. The Bertz CT molecular complexity index is 602. The van der Waals surface area contributed by atoms with Gasteiger partial charge in [0.25, 0.3) is 0 Å². The monoisotopic (exact) mass is 375 g/mol. The quantitative estimate of drug-likeness (QED) is 0.800. The molecule has 1 aliphatic heterocycles. The lowest BCUT2D eigenvalue weighted by Gasteiger charge is -2.26. The highest BCUT2D eigenvalue weighted by molar-refractivity contribution is 9.10. The van der Waals surface area contributed by atoms with Crippen LogP contribution in [0.2, 0.25) is 0 Å². The van der Waals surface area contributed by atoms with Crippen molar-refractivity contribution in [2.45, 2.75) is 31.2 Å². The van der Waals surface area contributed by atoms with E-state index in [0.717, 1.165) is 19.5 Å². The van der Waals surface area contributed by atoms with Gasteiger partial charge in [-0.3, -0.25) is 4.90 Å². The zero-order valence-corrected chi connectivity index (χ0v) is 14.8. The van der Waals surface area contributed by atoms with Crippen LogP contribution in [0.4, 0.5) is 5.69 Å². The molecular weight excluding hydrogens is 354 g/mol. The number of nitrogen functional groups attached to an aromatic ring is 1. The topological polar surface area (TPSA) is 66.6 Å². The number of benzene rings is 1. The van der Waals surface area contributed by atoms with Crippen LogP contribution in [0.1, 0.15) is 20.3 Å². The molecule has 1 atom stereocenters. The molecule has 118 valence electrons. The zero-order valence-electron chi connectivity index (χ0n) is 12.4. The van der Waals surface area contributed by atoms with E-state index in [9.17, 15) is 8.42 Å². The van der Waals surface area contributed by atoms with Gasteiger partial charge in [-0.05, 0) is 53.6 Å². The first-order valence-corrected chi connectivity index (χ1v) is 9.42. The molecule has 21 heavy (non-hydrogen) atoms. The lowest BCUT2D eigenvalue weighted by atomic mass is 10.2. The van der Waals surface area contributed by atoms with Crippen LogP contribution < -0.4 is 5.73 Å². The van der Waals surface area contributed by atoms with Crippen LogP contribution in [0.3, 0.4) is 0 Å². The SMILES string of the molecule is CCN(CC)C1CCN(S(=O)(=O)c2ccc(N)c(Br)c2)C1. The summed E-state index contributed by atoms with van der Waals surface area (Å²) in [4.78, 5) is 2.61. The number of anilines is 1. The molecule has 5 nitrogen and oxygen atoms in total. The standard InChI is InChI=1S/C14H22BrN3O2S/c1-3-17(4-2)11-7-8-18(10-11)21(19,20)12-5-6-14(16)13(15)9-12/h5-6,9,11H,3-4,7-8,10,16H2,1-2H3. The van der Waals surface area contributed by atoms with Gasteiger partial charge in [0, 0.05) is 29.3 Å². The summed E-state index contributed by atoms with van der Waals surface area (Å²) in [6.07, 6.45) is 0.886. The molecule has 2 rings (SSSR count). The first-order valence-electron chi connectivity index (χ1n) is 7.19. The van der Waals surface area contributed by atoms with Crippen LogP contribution in [-0.4, -0.2) is 49.8 Å². The fraction of sp³-hybridized carbons (Fsp3) is 0.571. The zero-order chi connectivity index (χ0) is 15.6. The predicted molar refractivity (Wildman–Crippen MR) is 88.6 cm³/mol. The van der Waals surface area contributed by atoms with Crippen molar-refractivity contribution in [1.82, 2.24) is 9.21 Å². The van der Waals surface area contributed by atoms with Crippen LogP contribution in [0.5, 0.6) is 0 Å². The van der Waals surface area contributed by atoms with Crippen LogP contribution in [0, 0.1) is 0 Å². The fourth-order valence-corrected chi connectivity index (χ4v) is 4.83. The van der Waals surface area contributed by atoms with E-state index in [2.05, 4.69) is 34.7 Å². The minimum absolute atomic E-state index is 0.295. The Morgan fingerprint density at radius 2 is 2.05 bits per heavy atom. The molecule has 0 bridgehead atoms. The number of hydrogen-bond donors (Lipinski definition) is 1. The van der Waals surface area contributed by atoms with Crippen LogP contribution in [-0.2, 0) is 10.0 Å². The van der Waals surface area contributed by atoms with Gasteiger partial charge < -0.3 is 5.73 Å². The molecule has 0 aromatic heterocycles. The number of nitrogens with two attached hydrogens (primary N) is 1. The largest absolute Gasteiger partial charge is 0.398 e. The third-order valence-corrected chi connectivity index (χ3v) is 6.61. The van der Waals surface area contributed by atoms with Crippen molar-refractivity contribution in [3.8, 4) is 0 Å². The number of hydrogen-bond acceptors (Lipinski definition) is 4. The van der Waals surface area contributed by atoms with Gasteiger partial charge >= 0.3 is 0 Å². The van der Waals surface area contributed by atoms with Crippen molar-refractivity contribution in [3.63, 3.8) is 0 Å². The lowest BCUT2D eigenvalue weighted by Crippen LogP contribution is -2.38. The minimum atomic E-state index is -3.44. The Labute approximate surface area is 135 Å². The van der Waals surface area contributed by atoms with Crippen molar-refractivity contribution in [2.75, 3.05) is 31.9 Å². The Balaban J connectivity index is 2.19. The molecule has 1 aromatic carbocycles. The average Bonchev–Trinajstić information content (AvgIpc) is 2.93. The molecule has 1 saturated heterocycles. The van der Waals surface area contributed by atoms with Gasteiger partial charge in [-0.25, -0.2) is 8.42 Å². The molecule has 1 heterocycles. The van der Waals surface area contributed by atoms with Gasteiger partial charge in [0.2, 0.25) is 10.0 Å². The Morgan fingerprint density at radius 3 is 2.62 bits per heavy atom. The summed E-state index contributed by atoms with van der Waals surface area (Å²) in [5.41, 5.74) is 6.26. The molecule has 7 heteroatoms. The van der Waals surface area contributed by atoms with E-state index in [1.54, 1.807) is 22.5 Å². The van der Waals surface area contributed by atoms with E-state index in [1.807, 2.05) is 0 Å². The van der Waals surface area contributed by atoms with Gasteiger partial charge in [0.05, 0.1) is 4.90 Å². The molecule has 1 aromatic rings. The van der Waals surface area contributed by atoms with E-state index >= 15 is 0 Å². The lowest BCUT2D eigenvalue weighted by molar-refractivity contribution is 0.224. The highest BCUT2D eigenvalue weighted by Gasteiger charge is 2.34. The van der Waals surface area contributed by atoms with E-state index in [0.29, 0.717) is 34.2 Å². The maximum Gasteiger partial charge on any atom is 0.243 e. The molecular formula is C14H22BrN3O2S. The van der Waals surface area contributed by atoms with Crippen molar-refractivity contribution in [2.24, 2.45) is 0 Å². The van der Waals surface area contributed by atoms with Gasteiger partial charge in [0.1, 0.15) is 0 Å². The second kappa shape index (κ2) is 6.64. The number of nitrogens with zero attached hydrogens (tertiary/aromatic N) is 2. The number of likely N-dealkylation sites (N-methyl/N-ethyl adjacent to an activating group) is 1. The molecule has 1 aliphatic rings. The first-order chi connectivity index (χ1) is 9.90. The van der Waals surface area contributed by atoms with Crippen LogP contribution in [0.25, 0.3) is 0 Å². The molecule has 1 unspecified atom stereocenters. The summed E-state index contributed by atoms with van der Waals surface area (Å²) in [6, 6.07) is 5.08. The van der Waals surface area contributed by atoms with Crippen LogP contribution in [0.15, 0.2) is 27.6 Å². The smallest absolute Gasteiger partial charge is 0.243 e. The molecule has 0 radical (unpaired) electrons. The third kappa shape index (κ3) is 3.41. The summed E-state index contributed by atoms with van der Waals surface area (Å²) in [5.74, 6) is 0. The van der Waals surface area contributed by atoms with Crippen molar-refractivity contribution >= 4 is 31.6 Å². The maximum atomic E-state index is 12.7. The summed E-state index contributed by atoms with van der Waals surface area (Å²) in [7, 11) is -3.44. The van der Waals surface area contributed by atoms with Gasteiger partial charge in [-0.2, -0.15) is 4.31 Å².